The minimum absolute atomic E-state index is 0.0377. The van der Waals surface area contributed by atoms with Gasteiger partial charge < -0.3 is 25.4 Å². The quantitative estimate of drug-likeness (QED) is 0.301. The van der Waals surface area contributed by atoms with Crippen molar-refractivity contribution in [1.29, 1.82) is 0 Å². The fourth-order valence-electron chi connectivity index (χ4n) is 3.84. The monoisotopic (exact) mass is 503 g/mol. The van der Waals surface area contributed by atoms with Gasteiger partial charge in [-0.1, -0.05) is 18.2 Å². The number of nitrogens with two attached hydrogens (primary N) is 1. The highest BCUT2D eigenvalue weighted by Gasteiger charge is 2.55. The highest BCUT2D eigenvalue weighted by atomic mass is 79.9. The number of fused-ring (bicyclic) bond motifs is 6. The van der Waals surface area contributed by atoms with E-state index in [1.165, 1.54) is 12.1 Å². The number of aromatic hydroxyl groups is 2. The van der Waals surface area contributed by atoms with Crippen LogP contribution in [0.5, 0.6) is 23.0 Å². The Bertz CT molecular complexity index is 1210. The van der Waals surface area contributed by atoms with Crippen LogP contribution in [0.1, 0.15) is 27.0 Å². The molecule has 0 saturated heterocycles. The van der Waals surface area contributed by atoms with E-state index in [4.69, 9.17) is 15.2 Å². The van der Waals surface area contributed by atoms with Crippen LogP contribution in [-0.2, 0) is 10.3 Å². The molecule has 2 aliphatic rings. The van der Waals surface area contributed by atoms with Gasteiger partial charge in [-0.05, 0) is 44.0 Å². The Hall–Kier alpha value is -2.71. The Labute approximate surface area is 175 Å². The predicted octanol–water partition coefficient (Wildman–Crippen LogP) is 4.77. The number of benzene rings is 3. The maximum absolute atomic E-state index is 12.7. The summed E-state index contributed by atoms with van der Waals surface area (Å²) in [7, 11) is 0. The summed E-state index contributed by atoms with van der Waals surface area (Å²) in [6.07, 6.45) is 0. The molecular formula is C20H11Br2NO5. The maximum atomic E-state index is 12.7. The normalized spacial score (nSPS) is 18.9. The van der Waals surface area contributed by atoms with Crippen LogP contribution in [0.15, 0.2) is 51.4 Å². The summed E-state index contributed by atoms with van der Waals surface area (Å²) < 4.78 is 12.6. The number of ether oxygens (including phenoxy) is 2. The molecule has 3 aromatic rings. The molecule has 6 nitrogen and oxygen atoms in total. The van der Waals surface area contributed by atoms with Crippen molar-refractivity contribution in [3.8, 4) is 23.0 Å². The van der Waals surface area contributed by atoms with Crippen molar-refractivity contribution in [2.24, 2.45) is 0 Å². The average molecular weight is 505 g/mol. The van der Waals surface area contributed by atoms with Gasteiger partial charge in [-0.2, -0.15) is 0 Å². The Balaban J connectivity index is 1.97. The molecule has 0 bridgehead atoms. The third kappa shape index (κ3) is 2.04. The summed E-state index contributed by atoms with van der Waals surface area (Å²) in [5.41, 5.74) is 7.08. The predicted molar refractivity (Wildman–Crippen MR) is 108 cm³/mol. The van der Waals surface area contributed by atoms with Crippen LogP contribution < -0.4 is 10.5 Å². The molecule has 1 atom stereocenters. The van der Waals surface area contributed by atoms with Gasteiger partial charge in [0.25, 0.3) is 0 Å². The van der Waals surface area contributed by atoms with E-state index < -0.39 is 11.6 Å². The molecule has 0 fully saturated rings. The van der Waals surface area contributed by atoms with E-state index in [1.807, 2.05) is 0 Å². The van der Waals surface area contributed by atoms with Crippen molar-refractivity contribution in [2.45, 2.75) is 5.60 Å². The van der Waals surface area contributed by atoms with E-state index in [-0.39, 0.29) is 27.4 Å². The van der Waals surface area contributed by atoms with Crippen molar-refractivity contribution in [1.82, 2.24) is 0 Å². The third-order valence-electron chi connectivity index (χ3n) is 5.02. The first-order valence-corrected chi connectivity index (χ1v) is 9.78. The van der Waals surface area contributed by atoms with Crippen molar-refractivity contribution in [2.75, 3.05) is 5.73 Å². The van der Waals surface area contributed by atoms with Gasteiger partial charge in [-0.25, -0.2) is 4.79 Å². The minimum Gasteiger partial charge on any atom is -0.507 e. The number of anilines is 1. The van der Waals surface area contributed by atoms with E-state index in [0.717, 1.165) is 0 Å². The average Bonchev–Trinajstić information content (AvgIpc) is 2.95. The zero-order chi connectivity index (χ0) is 19.8. The number of phenolic OH excluding ortho intramolecular Hbond substituents is 2. The summed E-state index contributed by atoms with van der Waals surface area (Å²) in [4.78, 5) is 12.7. The van der Waals surface area contributed by atoms with Crippen LogP contribution in [-0.4, -0.2) is 16.2 Å². The van der Waals surface area contributed by atoms with Crippen molar-refractivity contribution >= 4 is 43.5 Å². The summed E-state index contributed by atoms with van der Waals surface area (Å²) in [5, 5.41) is 20.3. The molecule has 0 aromatic heterocycles. The second-order valence-corrected chi connectivity index (χ2v) is 8.16. The smallest absolute Gasteiger partial charge is 0.340 e. The van der Waals surface area contributed by atoms with Gasteiger partial charge in [-0.15, -0.1) is 0 Å². The van der Waals surface area contributed by atoms with Crippen LogP contribution in [0.2, 0.25) is 0 Å². The molecule has 4 N–H and O–H groups in total. The lowest BCUT2D eigenvalue weighted by Gasteiger charge is -2.37. The number of phenols is 2. The second kappa shape index (κ2) is 5.65. The van der Waals surface area contributed by atoms with Crippen LogP contribution in [0.3, 0.4) is 0 Å². The van der Waals surface area contributed by atoms with Crippen LogP contribution in [0.4, 0.5) is 5.69 Å². The van der Waals surface area contributed by atoms with E-state index in [0.29, 0.717) is 32.5 Å². The first-order chi connectivity index (χ1) is 13.3. The van der Waals surface area contributed by atoms with Gasteiger partial charge in [0.1, 0.15) is 23.0 Å². The molecule has 2 heterocycles. The molecule has 28 heavy (non-hydrogen) atoms. The zero-order valence-corrected chi connectivity index (χ0v) is 17.2. The maximum Gasteiger partial charge on any atom is 0.340 e. The first kappa shape index (κ1) is 17.4. The van der Waals surface area contributed by atoms with Gasteiger partial charge in [0.05, 0.1) is 25.8 Å². The van der Waals surface area contributed by atoms with E-state index in [9.17, 15) is 15.0 Å². The highest BCUT2D eigenvalue weighted by molar-refractivity contribution is 9.11. The van der Waals surface area contributed by atoms with E-state index in [2.05, 4.69) is 31.9 Å². The SMILES string of the molecule is Nc1c(Br)c(O)cc2c1C1(OC(=O)c3ccccc31)c1cc(Br)c(O)cc1O2. The Morgan fingerprint density at radius 2 is 1.68 bits per heavy atom. The minimum atomic E-state index is -1.38. The molecule has 0 saturated carbocycles. The summed E-state index contributed by atoms with van der Waals surface area (Å²) >= 11 is 6.61. The number of nitrogen functional groups attached to an aromatic ring is 1. The van der Waals surface area contributed by atoms with Gasteiger partial charge in [0.2, 0.25) is 0 Å². The van der Waals surface area contributed by atoms with E-state index in [1.54, 1.807) is 30.3 Å². The Morgan fingerprint density at radius 1 is 0.964 bits per heavy atom. The van der Waals surface area contributed by atoms with Gasteiger partial charge in [-0.3, -0.25) is 0 Å². The summed E-state index contributed by atoms with van der Waals surface area (Å²) in [6.45, 7) is 0. The fourth-order valence-corrected chi connectivity index (χ4v) is 4.50. The van der Waals surface area contributed by atoms with Crippen LogP contribution >= 0.6 is 31.9 Å². The number of halogens is 2. The number of hydrogen-bond donors (Lipinski definition) is 3. The zero-order valence-electron chi connectivity index (χ0n) is 14.0. The lowest BCUT2D eigenvalue weighted by Crippen LogP contribution is -2.34. The van der Waals surface area contributed by atoms with E-state index >= 15 is 0 Å². The highest BCUT2D eigenvalue weighted by Crippen LogP contribution is 2.60. The van der Waals surface area contributed by atoms with Crippen molar-refractivity contribution < 1.29 is 24.5 Å². The topological polar surface area (TPSA) is 102 Å². The lowest BCUT2D eigenvalue weighted by molar-refractivity contribution is 0.0226. The van der Waals surface area contributed by atoms with Gasteiger partial charge in [0, 0.05) is 23.3 Å². The molecule has 1 spiro atoms. The Morgan fingerprint density at radius 3 is 2.46 bits per heavy atom. The van der Waals surface area contributed by atoms with Crippen LogP contribution in [0, 0.1) is 0 Å². The number of hydrogen-bond acceptors (Lipinski definition) is 6. The number of carbonyl (C=O) groups excluding carboxylic acids is 1. The van der Waals surface area contributed by atoms with Crippen LogP contribution in [0.25, 0.3) is 0 Å². The lowest BCUT2D eigenvalue weighted by atomic mass is 9.77. The molecule has 0 amide bonds. The van der Waals surface area contributed by atoms with Crippen molar-refractivity contribution in [3.05, 3.63) is 73.7 Å². The van der Waals surface area contributed by atoms with Gasteiger partial charge in [0.15, 0.2) is 5.60 Å². The number of carbonyl (C=O) groups is 1. The summed E-state index contributed by atoms with van der Waals surface area (Å²) in [6, 6.07) is 11.5. The standard InChI is InChI=1S/C20H11Br2NO5/c21-11-5-10-14(6-12(11)24)27-15-7-13(25)17(22)18(23)16(15)20(10)9-4-2-1-3-8(9)19(26)28-20/h1-7,24-25H,23H2. The molecule has 140 valence electrons. The molecular weight excluding hydrogens is 494 g/mol. The number of rotatable bonds is 0. The Kier molecular flexibility index (Phi) is 3.51. The first-order valence-electron chi connectivity index (χ1n) is 8.19. The summed E-state index contributed by atoms with van der Waals surface area (Å²) in [5.74, 6) is -0.129. The molecule has 8 heteroatoms. The number of esters is 1. The van der Waals surface area contributed by atoms with Gasteiger partial charge >= 0.3 is 5.97 Å². The second-order valence-electron chi connectivity index (χ2n) is 6.51. The molecule has 3 aromatic carbocycles. The molecule has 0 aliphatic carbocycles. The van der Waals surface area contributed by atoms with Crippen molar-refractivity contribution in [3.63, 3.8) is 0 Å². The molecule has 5 rings (SSSR count). The molecule has 1 unspecified atom stereocenters. The fraction of sp³-hybridized carbons (Fsp3) is 0.0500. The largest absolute Gasteiger partial charge is 0.507 e. The third-order valence-corrected chi connectivity index (χ3v) is 6.49. The molecule has 2 aliphatic heterocycles. The molecule has 0 radical (unpaired) electrons.